The van der Waals surface area contributed by atoms with Gasteiger partial charge in [-0.1, -0.05) is 6.07 Å². The van der Waals surface area contributed by atoms with Crippen LogP contribution >= 0.6 is 0 Å². The Bertz CT molecular complexity index is 595. The van der Waals surface area contributed by atoms with Crippen LogP contribution in [-0.2, 0) is 14.6 Å². The fourth-order valence-electron chi connectivity index (χ4n) is 1.33. The molecule has 0 fully saturated rings. The molecule has 8 heteroatoms. The minimum absolute atomic E-state index is 0.0486. The quantitative estimate of drug-likeness (QED) is 0.640. The third kappa shape index (κ3) is 3.45. The number of nitrogens with two attached hydrogens (primary N) is 2. The Balaban J connectivity index is 3.03. The van der Waals surface area contributed by atoms with Crippen LogP contribution < -0.4 is 16.8 Å². The highest BCUT2D eigenvalue weighted by Gasteiger charge is 2.22. The van der Waals surface area contributed by atoms with E-state index in [1.54, 1.807) is 18.3 Å². The highest BCUT2D eigenvalue weighted by atomic mass is 32.2. The normalized spacial score (nSPS) is 10.9. The van der Waals surface area contributed by atoms with Gasteiger partial charge in [-0.25, -0.2) is 13.2 Å². The third-order valence-corrected chi connectivity index (χ3v) is 3.75. The van der Waals surface area contributed by atoms with E-state index in [0.29, 0.717) is 5.56 Å². The van der Waals surface area contributed by atoms with Crippen molar-refractivity contribution >= 4 is 27.5 Å². The number of nitrogen functional groups attached to an aromatic ring is 1. The number of hydrogen-bond acceptors (Lipinski definition) is 5. The molecule has 5 N–H and O–H groups in total. The van der Waals surface area contributed by atoms with E-state index in [4.69, 9.17) is 11.5 Å². The number of amides is 3. The number of primary amides is 1. The summed E-state index contributed by atoms with van der Waals surface area (Å²) in [6, 6.07) is 3.35. The second-order valence-electron chi connectivity index (χ2n) is 3.71. The molecular weight excluding hydrogens is 258 g/mol. The van der Waals surface area contributed by atoms with Crippen molar-refractivity contribution in [1.29, 1.82) is 0 Å². The van der Waals surface area contributed by atoms with Gasteiger partial charge in [-0.3, -0.25) is 10.1 Å². The number of benzene rings is 1. The number of rotatable bonds is 3. The number of sulfone groups is 1. The van der Waals surface area contributed by atoms with Crippen molar-refractivity contribution in [3.63, 3.8) is 0 Å². The van der Waals surface area contributed by atoms with Crippen LogP contribution in [0.4, 0.5) is 10.5 Å². The molecule has 0 aliphatic carbocycles. The number of imide groups is 1. The van der Waals surface area contributed by atoms with Gasteiger partial charge in [-0.2, -0.15) is 0 Å². The van der Waals surface area contributed by atoms with Crippen LogP contribution in [-0.4, -0.2) is 26.1 Å². The molecule has 0 atom stereocenters. The van der Waals surface area contributed by atoms with Crippen molar-refractivity contribution in [3.05, 3.63) is 23.8 Å². The SMILES string of the molecule is Cc1ccc(N)c(S(=O)(=O)CC(=O)NC(N)=O)c1. The van der Waals surface area contributed by atoms with Crippen molar-refractivity contribution in [3.8, 4) is 0 Å². The molecule has 0 unspecified atom stereocenters. The smallest absolute Gasteiger partial charge is 0.318 e. The van der Waals surface area contributed by atoms with Gasteiger partial charge in [0, 0.05) is 0 Å². The summed E-state index contributed by atoms with van der Waals surface area (Å²) in [6.45, 7) is 1.70. The van der Waals surface area contributed by atoms with E-state index in [-0.39, 0.29) is 10.6 Å². The van der Waals surface area contributed by atoms with E-state index in [1.807, 2.05) is 0 Å². The maximum atomic E-state index is 11.9. The molecular formula is C10H13N3O4S. The Morgan fingerprint density at radius 3 is 2.50 bits per heavy atom. The van der Waals surface area contributed by atoms with Crippen molar-refractivity contribution in [2.75, 3.05) is 11.5 Å². The summed E-state index contributed by atoms with van der Waals surface area (Å²) < 4.78 is 23.8. The first kappa shape index (κ1) is 14.0. The highest BCUT2D eigenvalue weighted by Crippen LogP contribution is 2.20. The predicted molar refractivity (Wildman–Crippen MR) is 65.4 cm³/mol. The summed E-state index contributed by atoms with van der Waals surface area (Å²) in [5.74, 6) is -1.88. The molecule has 0 aliphatic rings. The predicted octanol–water partition coefficient (Wildman–Crippen LogP) is -0.454. The Morgan fingerprint density at radius 1 is 1.33 bits per heavy atom. The number of aryl methyl sites for hydroxylation is 1. The molecule has 0 radical (unpaired) electrons. The van der Waals surface area contributed by atoms with E-state index in [2.05, 4.69) is 0 Å². The molecule has 0 bridgehead atoms. The molecule has 0 spiro atoms. The Labute approximate surface area is 104 Å². The molecule has 0 aromatic heterocycles. The van der Waals surface area contributed by atoms with Crippen LogP contribution in [0.3, 0.4) is 0 Å². The summed E-state index contributed by atoms with van der Waals surface area (Å²) >= 11 is 0. The van der Waals surface area contributed by atoms with Crippen LogP contribution in [0.1, 0.15) is 5.56 Å². The second kappa shape index (κ2) is 5.05. The minimum Gasteiger partial charge on any atom is -0.398 e. The lowest BCUT2D eigenvalue weighted by molar-refractivity contribution is -0.117. The fourth-order valence-corrected chi connectivity index (χ4v) is 2.70. The molecule has 18 heavy (non-hydrogen) atoms. The number of carbonyl (C=O) groups is 2. The topological polar surface area (TPSA) is 132 Å². The van der Waals surface area contributed by atoms with E-state index in [0.717, 1.165) is 0 Å². The zero-order chi connectivity index (χ0) is 13.9. The molecule has 0 heterocycles. The monoisotopic (exact) mass is 271 g/mol. The van der Waals surface area contributed by atoms with E-state index in [9.17, 15) is 18.0 Å². The average molecular weight is 271 g/mol. The van der Waals surface area contributed by atoms with Crippen LogP contribution in [0.2, 0.25) is 0 Å². The zero-order valence-corrected chi connectivity index (χ0v) is 10.5. The molecule has 7 nitrogen and oxygen atoms in total. The first-order valence-corrected chi connectivity index (χ1v) is 6.56. The molecule has 1 aromatic carbocycles. The molecule has 3 amide bonds. The van der Waals surface area contributed by atoms with Crippen LogP contribution in [0, 0.1) is 6.92 Å². The summed E-state index contributed by atoms with van der Waals surface area (Å²) in [7, 11) is -3.90. The van der Waals surface area contributed by atoms with E-state index in [1.165, 1.54) is 12.1 Å². The Morgan fingerprint density at radius 2 is 1.94 bits per heavy atom. The van der Waals surface area contributed by atoms with Gasteiger partial charge in [-0.15, -0.1) is 0 Å². The van der Waals surface area contributed by atoms with Gasteiger partial charge in [0.2, 0.25) is 5.91 Å². The van der Waals surface area contributed by atoms with Gasteiger partial charge in [-0.05, 0) is 24.6 Å². The fraction of sp³-hybridized carbons (Fsp3) is 0.200. The van der Waals surface area contributed by atoms with Crippen LogP contribution in [0.15, 0.2) is 23.1 Å². The number of carbonyl (C=O) groups excluding carboxylic acids is 2. The summed E-state index contributed by atoms with van der Waals surface area (Å²) in [6.07, 6.45) is 0. The largest absolute Gasteiger partial charge is 0.398 e. The average Bonchev–Trinajstić information content (AvgIpc) is 2.19. The van der Waals surface area contributed by atoms with Gasteiger partial charge in [0.05, 0.1) is 10.6 Å². The summed E-state index contributed by atoms with van der Waals surface area (Å²) in [5.41, 5.74) is 11.0. The lowest BCUT2D eigenvalue weighted by Crippen LogP contribution is -2.38. The number of anilines is 1. The molecule has 1 aromatic rings. The van der Waals surface area contributed by atoms with Gasteiger partial charge in [0.25, 0.3) is 0 Å². The third-order valence-electron chi connectivity index (χ3n) is 2.09. The zero-order valence-electron chi connectivity index (χ0n) is 9.64. The first-order valence-electron chi connectivity index (χ1n) is 4.90. The number of nitrogens with one attached hydrogen (secondary N) is 1. The van der Waals surface area contributed by atoms with Gasteiger partial charge in [0.1, 0.15) is 5.75 Å². The van der Waals surface area contributed by atoms with E-state index < -0.39 is 27.5 Å². The van der Waals surface area contributed by atoms with Crippen LogP contribution in [0.25, 0.3) is 0 Å². The highest BCUT2D eigenvalue weighted by molar-refractivity contribution is 7.92. The molecule has 98 valence electrons. The maximum Gasteiger partial charge on any atom is 0.318 e. The lowest BCUT2D eigenvalue weighted by Gasteiger charge is -2.07. The maximum absolute atomic E-state index is 11.9. The molecule has 0 aliphatic heterocycles. The first-order chi connectivity index (χ1) is 8.22. The van der Waals surface area contributed by atoms with Crippen molar-refractivity contribution in [2.24, 2.45) is 5.73 Å². The number of hydrogen-bond donors (Lipinski definition) is 3. The summed E-state index contributed by atoms with van der Waals surface area (Å²) in [4.78, 5) is 21.5. The van der Waals surface area contributed by atoms with Gasteiger partial charge < -0.3 is 11.5 Å². The van der Waals surface area contributed by atoms with Gasteiger partial charge >= 0.3 is 6.03 Å². The lowest BCUT2D eigenvalue weighted by atomic mass is 10.2. The summed E-state index contributed by atoms with van der Waals surface area (Å²) in [5, 5.41) is 1.68. The van der Waals surface area contributed by atoms with Gasteiger partial charge in [0.15, 0.2) is 9.84 Å². The molecule has 0 saturated carbocycles. The number of urea groups is 1. The molecule has 0 saturated heterocycles. The standard InChI is InChI=1S/C10H13N3O4S/c1-6-2-3-7(11)8(4-6)18(16,17)5-9(14)13-10(12)15/h2-4H,5,11H2,1H3,(H3,12,13,14,15). The Hall–Kier alpha value is -2.09. The minimum atomic E-state index is -3.90. The van der Waals surface area contributed by atoms with Crippen molar-refractivity contribution in [2.45, 2.75) is 11.8 Å². The second-order valence-corrected chi connectivity index (χ2v) is 5.67. The van der Waals surface area contributed by atoms with E-state index >= 15 is 0 Å². The van der Waals surface area contributed by atoms with Crippen molar-refractivity contribution < 1.29 is 18.0 Å². The van der Waals surface area contributed by atoms with Crippen LogP contribution in [0.5, 0.6) is 0 Å². The molecule has 1 rings (SSSR count). The Kier molecular flexibility index (Phi) is 3.92. The van der Waals surface area contributed by atoms with Crippen molar-refractivity contribution in [1.82, 2.24) is 5.32 Å².